The van der Waals surface area contributed by atoms with Gasteiger partial charge in [-0.25, -0.2) is 0 Å². The fraction of sp³-hybridized carbons (Fsp3) is 0.316. The van der Waals surface area contributed by atoms with Crippen LogP contribution in [0.4, 0.5) is 0 Å². The molecule has 2 aromatic rings. The summed E-state index contributed by atoms with van der Waals surface area (Å²) in [6.45, 7) is 3.07. The molecule has 0 spiro atoms. The lowest BCUT2D eigenvalue weighted by Gasteiger charge is -2.20. The Bertz CT molecular complexity index is 682. The van der Waals surface area contributed by atoms with Gasteiger partial charge in [-0.2, -0.15) is 0 Å². The largest absolute Gasteiger partial charge is 0.494 e. The highest BCUT2D eigenvalue weighted by Crippen LogP contribution is 2.31. The topological polar surface area (TPSA) is 48.0 Å². The minimum Gasteiger partial charge on any atom is -0.494 e. The Hall–Kier alpha value is -2.69. The zero-order chi connectivity index (χ0) is 17.5. The maximum absolute atomic E-state index is 12.7. The highest BCUT2D eigenvalue weighted by Gasteiger charge is 2.19. The van der Waals surface area contributed by atoms with Crippen molar-refractivity contribution in [3.05, 3.63) is 53.6 Å². The molecule has 128 valence electrons. The van der Waals surface area contributed by atoms with E-state index in [0.29, 0.717) is 30.2 Å². The number of methoxy groups -OCH3 is 2. The van der Waals surface area contributed by atoms with E-state index in [-0.39, 0.29) is 5.91 Å². The molecule has 0 unspecified atom stereocenters. The molecule has 0 saturated carbocycles. The fourth-order valence-corrected chi connectivity index (χ4v) is 2.46. The van der Waals surface area contributed by atoms with E-state index in [2.05, 4.69) is 0 Å². The summed E-state index contributed by atoms with van der Waals surface area (Å²) in [5.74, 6) is 1.69. The van der Waals surface area contributed by atoms with E-state index in [1.807, 2.05) is 31.2 Å². The van der Waals surface area contributed by atoms with Gasteiger partial charge in [0, 0.05) is 13.6 Å². The smallest absolute Gasteiger partial charge is 0.257 e. The molecule has 1 amide bonds. The molecule has 0 saturated heterocycles. The Morgan fingerprint density at radius 1 is 1.04 bits per heavy atom. The molecule has 24 heavy (non-hydrogen) atoms. The van der Waals surface area contributed by atoms with Crippen LogP contribution in [0.3, 0.4) is 0 Å². The molecule has 0 aliphatic heterocycles. The number of nitrogens with zero attached hydrogens (tertiary/aromatic N) is 1. The third-order valence-electron chi connectivity index (χ3n) is 3.63. The molecule has 0 radical (unpaired) electrons. The summed E-state index contributed by atoms with van der Waals surface area (Å²) in [4.78, 5) is 14.4. The molecule has 0 atom stereocenters. The molecule has 0 aliphatic rings. The third-order valence-corrected chi connectivity index (χ3v) is 3.63. The number of carbonyl (C=O) groups excluding carboxylic acids is 1. The number of carbonyl (C=O) groups is 1. The molecule has 5 nitrogen and oxygen atoms in total. The Morgan fingerprint density at radius 2 is 1.75 bits per heavy atom. The Kier molecular flexibility index (Phi) is 6.07. The highest BCUT2D eigenvalue weighted by molar-refractivity contribution is 5.97. The van der Waals surface area contributed by atoms with Crippen LogP contribution in [-0.4, -0.2) is 38.7 Å². The quantitative estimate of drug-likeness (QED) is 0.781. The van der Waals surface area contributed by atoms with Gasteiger partial charge in [0.2, 0.25) is 0 Å². The van der Waals surface area contributed by atoms with Gasteiger partial charge in [-0.3, -0.25) is 4.79 Å². The van der Waals surface area contributed by atoms with Crippen LogP contribution in [0.25, 0.3) is 0 Å². The average molecular weight is 329 g/mol. The first-order valence-electron chi connectivity index (χ1n) is 7.78. The van der Waals surface area contributed by atoms with Crippen LogP contribution in [0.1, 0.15) is 22.8 Å². The second-order valence-corrected chi connectivity index (χ2v) is 5.28. The van der Waals surface area contributed by atoms with Crippen molar-refractivity contribution < 1.29 is 19.0 Å². The van der Waals surface area contributed by atoms with Gasteiger partial charge >= 0.3 is 0 Å². The lowest BCUT2D eigenvalue weighted by Crippen LogP contribution is -2.26. The van der Waals surface area contributed by atoms with E-state index in [1.54, 1.807) is 37.3 Å². The van der Waals surface area contributed by atoms with Gasteiger partial charge in [-0.1, -0.05) is 18.2 Å². The number of benzene rings is 2. The molecular weight excluding hydrogens is 306 g/mol. The molecule has 0 bridgehead atoms. The summed E-state index contributed by atoms with van der Waals surface area (Å²) < 4.78 is 16.0. The molecule has 5 heteroatoms. The van der Waals surface area contributed by atoms with Crippen LogP contribution in [-0.2, 0) is 6.54 Å². The van der Waals surface area contributed by atoms with Gasteiger partial charge in [-0.15, -0.1) is 0 Å². The second kappa shape index (κ2) is 8.24. The van der Waals surface area contributed by atoms with E-state index in [4.69, 9.17) is 14.2 Å². The van der Waals surface area contributed by atoms with Crippen LogP contribution >= 0.6 is 0 Å². The zero-order valence-electron chi connectivity index (χ0n) is 14.5. The third kappa shape index (κ3) is 3.98. The standard InChI is InChI=1S/C19H23NO4/c1-5-24-15-11-9-14(10-12-15)13-20(2)19(21)16-7-6-8-17(22-3)18(16)23-4/h6-12H,5,13H2,1-4H3. The minimum atomic E-state index is -0.125. The number of para-hydroxylation sites is 1. The Labute approximate surface area is 142 Å². The van der Waals surface area contributed by atoms with Gasteiger partial charge in [0.15, 0.2) is 11.5 Å². The van der Waals surface area contributed by atoms with Crippen molar-refractivity contribution in [2.75, 3.05) is 27.9 Å². The van der Waals surface area contributed by atoms with E-state index in [0.717, 1.165) is 11.3 Å². The lowest BCUT2D eigenvalue weighted by atomic mass is 10.1. The molecule has 0 aromatic heterocycles. The average Bonchev–Trinajstić information content (AvgIpc) is 2.62. The first-order valence-corrected chi connectivity index (χ1v) is 7.78. The fourth-order valence-electron chi connectivity index (χ4n) is 2.46. The molecule has 2 rings (SSSR count). The number of hydrogen-bond donors (Lipinski definition) is 0. The van der Waals surface area contributed by atoms with E-state index < -0.39 is 0 Å². The molecule has 0 aliphatic carbocycles. The van der Waals surface area contributed by atoms with E-state index in [1.165, 1.54) is 7.11 Å². The molecule has 0 heterocycles. The van der Waals surface area contributed by atoms with Crippen molar-refractivity contribution in [3.63, 3.8) is 0 Å². The van der Waals surface area contributed by atoms with Gasteiger partial charge in [0.25, 0.3) is 5.91 Å². The monoisotopic (exact) mass is 329 g/mol. The number of rotatable bonds is 7. The van der Waals surface area contributed by atoms with E-state index in [9.17, 15) is 4.79 Å². The summed E-state index contributed by atoms with van der Waals surface area (Å²) in [6.07, 6.45) is 0. The van der Waals surface area contributed by atoms with Crippen molar-refractivity contribution in [2.24, 2.45) is 0 Å². The second-order valence-electron chi connectivity index (χ2n) is 5.28. The Balaban J connectivity index is 2.15. The van der Waals surface area contributed by atoms with Crippen LogP contribution in [0.15, 0.2) is 42.5 Å². The van der Waals surface area contributed by atoms with Crippen LogP contribution in [0.5, 0.6) is 17.2 Å². The van der Waals surface area contributed by atoms with Crippen LogP contribution in [0.2, 0.25) is 0 Å². The predicted molar refractivity (Wildman–Crippen MR) is 93.0 cm³/mol. The van der Waals surface area contributed by atoms with Gasteiger partial charge < -0.3 is 19.1 Å². The predicted octanol–water partition coefficient (Wildman–Crippen LogP) is 3.37. The van der Waals surface area contributed by atoms with Gasteiger partial charge in [-0.05, 0) is 36.8 Å². The van der Waals surface area contributed by atoms with Crippen molar-refractivity contribution >= 4 is 5.91 Å². The van der Waals surface area contributed by atoms with Gasteiger partial charge in [0.05, 0.1) is 26.4 Å². The van der Waals surface area contributed by atoms with E-state index >= 15 is 0 Å². The summed E-state index contributed by atoms with van der Waals surface area (Å²) >= 11 is 0. The lowest BCUT2D eigenvalue weighted by molar-refractivity contribution is 0.0781. The summed E-state index contributed by atoms with van der Waals surface area (Å²) in [5, 5.41) is 0. The summed E-state index contributed by atoms with van der Waals surface area (Å²) in [5.41, 5.74) is 1.50. The normalized spacial score (nSPS) is 10.2. The number of ether oxygens (including phenoxy) is 3. The first-order chi connectivity index (χ1) is 11.6. The SMILES string of the molecule is CCOc1ccc(CN(C)C(=O)c2cccc(OC)c2OC)cc1. The van der Waals surface area contributed by atoms with Crippen molar-refractivity contribution in [1.29, 1.82) is 0 Å². The molecule has 0 N–H and O–H groups in total. The minimum absolute atomic E-state index is 0.125. The van der Waals surface area contributed by atoms with Crippen molar-refractivity contribution in [3.8, 4) is 17.2 Å². The van der Waals surface area contributed by atoms with Crippen molar-refractivity contribution in [2.45, 2.75) is 13.5 Å². The molecule has 0 fully saturated rings. The number of amides is 1. The maximum Gasteiger partial charge on any atom is 0.257 e. The zero-order valence-corrected chi connectivity index (χ0v) is 14.5. The summed E-state index contributed by atoms with van der Waals surface area (Å²) in [7, 11) is 4.84. The first kappa shape index (κ1) is 17.7. The molecule has 2 aromatic carbocycles. The van der Waals surface area contributed by atoms with Crippen LogP contribution < -0.4 is 14.2 Å². The maximum atomic E-state index is 12.7. The highest BCUT2D eigenvalue weighted by atomic mass is 16.5. The number of hydrogen-bond acceptors (Lipinski definition) is 4. The molecular formula is C19H23NO4. The van der Waals surface area contributed by atoms with Crippen LogP contribution in [0, 0.1) is 0 Å². The van der Waals surface area contributed by atoms with Gasteiger partial charge in [0.1, 0.15) is 5.75 Å². The summed E-state index contributed by atoms with van der Waals surface area (Å²) in [6, 6.07) is 13.0. The Morgan fingerprint density at radius 3 is 2.33 bits per heavy atom. The van der Waals surface area contributed by atoms with Crippen molar-refractivity contribution in [1.82, 2.24) is 4.90 Å².